The number of amides is 1. The van der Waals surface area contributed by atoms with E-state index in [4.69, 9.17) is 0 Å². The highest BCUT2D eigenvalue weighted by atomic mass is 32.2. The molecule has 35 heavy (non-hydrogen) atoms. The third kappa shape index (κ3) is 6.49. The molecule has 1 amide bonds. The predicted octanol–water partition coefficient (Wildman–Crippen LogP) is 2.67. The molecule has 1 aliphatic heterocycles. The van der Waals surface area contributed by atoms with Crippen LogP contribution in [0.1, 0.15) is 51.8 Å². The minimum atomic E-state index is -3.86. The van der Waals surface area contributed by atoms with Crippen LogP contribution in [0.2, 0.25) is 0 Å². The normalized spacial score (nSPS) is 19.5. The van der Waals surface area contributed by atoms with Gasteiger partial charge in [-0.25, -0.2) is 13.4 Å². The van der Waals surface area contributed by atoms with Crippen LogP contribution in [0, 0.1) is 18.8 Å². The van der Waals surface area contributed by atoms with Crippen LogP contribution in [0.3, 0.4) is 0 Å². The van der Waals surface area contributed by atoms with Crippen molar-refractivity contribution >= 4 is 37.5 Å². The molecular formula is C24H39N5O4S2. The zero-order valence-electron chi connectivity index (χ0n) is 21.5. The van der Waals surface area contributed by atoms with E-state index >= 15 is 0 Å². The van der Waals surface area contributed by atoms with Gasteiger partial charge in [0.15, 0.2) is 0 Å². The lowest BCUT2D eigenvalue weighted by molar-refractivity contribution is -0.121. The van der Waals surface area contributed by atoms with Gasteiger partial charge in [-0.2, -0.15) is 4.31 Å². The zero-order valence-corrected chi connectivity index (χ0v) is 23.2. The summed E-state index contributed by atoms with van der Waals surface area (Å²) < 4.78 is 30.0. The van der Waals surface area contributed by atoms with E-state index < -0.39 is 15.6 Å². The van der Waals surface area contributed by atoms with Crippen molar-refractivity contribution in [3.8, 4) is 0 Å². The van der Waals surface area contributed by atoms with Gasteiger partial charge >= 0.3 is 0 Å². The molecule has 3 rings (SSSR count). The van der Waals surface area contributed by atoms with Crippen LogP contribution in [0.15, 0.2) is 16.0 Å². The molecule has 0 spiro atoms. The number of unbranched alkanes of at least 4 members (excludes halogenated alkanes) is 1. The summed E-state index contributed by atoms with van der Waals surface area (Å²) in [4.78, 5) is 33.5. The maximum Gasteiger partial charge on any atom is 0.263 e. The molecule has 1 N–H and O–H groups in total. The fourth-order valence-corrected chi connectivity index (χ4v) is 8.19. The lowest BCUT2D eigenvalue weighted by atomic mass is 9.94. The summed E-state index contributed by atoms with van der Waals surface area (Å²) in [6.45, 7) is 13.9. The number of carbonyl (C=O) groups excluding carboxylic acids is 1. The summed E-state index contributed by atoms with van der Waals surface area (Å²) in [6.07, 6.45) is 4.55. The number of aryl methyl sites for hydroxylation is 1. The third-order valence-corrected chi connectivity index (χ3v) is 9.72. The van der Waals surface area contributed by atoms with E-state index in [0.717, 1.165) is 38.9 Å². The van der Waals surface area contributed by atoms with Gasteiger partial charge in [-0.3, -0.25) is 14.2 Å². The summed E-state index contributed by atoms with van der Waals surface area (Å²) in [6, 6.07) is 0. The van der Waals surface area contributed by atoms with Crippen molar-refractivity contribution in [1.82, 2.24) is 24.1 Å². The van der Waals surface area contributed by atoms with Crippen LogP contribution in [0.25, 0.3) is 10.2 Å². The molecule has 9 nitrogen and oxygen atoms in total. The van der Waals surface area contributed by atoms with E-state index in [2.05, 4.69) is 29.0 Å². The number of sulfonamides is 1. The molecule has 1 saturated heterocycles. The van der Waals surface area contributed by atoms with Crippen molar-refractivity contribution < 1.29 is 13.2 Å². The average Bonchev–Trinajstić information content (AvgIpc) is 3.14. The summed E-state index contributed by atoms with van der Waals surface area (Å²) in [5, 5.41) is 2.96. The Balaban J connectivity index is 1.80. The molecule has 3 heterocycles. The number of hydrogen-bond acceptors (Lipinski definition) is 7. The van der Waals surface area contributed by atoms with Crippen molar-refractivity contribution in [2.24, 2.45) is 11.8 Å². The minimum absolute atomic E-state index is 0.0422. The Morgan fingerprint density at radius 3 is 2.54 bits per heavy atom. The second-order valence-electron chi connectivity index (χ2n) is 9.75. The SMILES string of the molecule is CCCCN(CC)CCNC(=O)Cn1cnc2sc(C)c(S(=O)(=O)N3C[C@@H](C)C[C@H](C)C3)c2c1=O. The van der Waals surface area contributed by atoms with Gasteiger partial charge in [-0.05, 0) is 44.7 Å². The smallest absolute Gasteiger partial charge is 0.263 e. The van der Waals surface area contributed by atoms with Crippen LogP contribution < -0.4 is 10.9 Å². The number of nitrogens with zero attached hydrogens (tertiary/aromatic N) is 4. The molecule has 0 aliphatic carbocycles. The Bertz CT molecular complexity index is 1180. The Morgan fingerprint density at radius 1 is 1.23 bits per heavy atom. The van der Waals surface area contributed by atoms with Gasteiger partial charge in [0.25, 0.3) is 5.56 Å². The first-order valence-corrected chi connectivity index (χ1v) is 14.8. The van der Waals surface area contributed by atoms with Gasteiger partial charge in [-0.1, -0.05) is 34.1 Å². The van der Waals surface area contributed by atoms with Crippen molar-refractivity contribution in [2.45, 2.75) is 65.3 Å². The highest BCUT2D eigenvalue weighted by Crippen LogP contribution is 2.35. The third-order valence-electron chi connectivity index (χ3n) is 6.57. The number of piperidine rings is 1. The molecule has 0 saturated carbocycles. The van der Waals surface area contributed by atoms with E-state index in [1.54, 1.807) is 6.92 Å². The molecule has 0 unspecified atom stereocenters. The van der Waals surface area contributed by atoms with E-state index in [9.17, 15) is 18.0 Å². The number of likely N-dealkylation sites (N-methyl/N-ethyl adjacent to an activating group) is 1. The van der Waals surface area contributed by atoms with Gasteiger partial charge in [0.1, 0.15) is 16.3 Å². The van der Waals surface area contributed by atoms with E-state index in [1.165, 1.54) is 26.5 Å². The zero-order chi connectivity index (χ0) is 25.8. The summed E-state index contributed by atoms with van der Waals surface area (Å²) in [7, 11) is -3.86. The lowest BCUT2D eigenvalue weighted by Crippen LogP contribution is -2.43. The molecule has 2 atom stereocenters. The number of nitrogens with one attached hydrogen (secondary N) is 1. The van der Waals surface area contributed by atoms with E-state index in [0.29, 0.717) is 29.3 Å². The van der Waals surface area contributed by atoms with Crippen molar-refractivity contribution in [1.29, 1.82) is 0 Å². The van der Waals surface area contributed by atoms with Crippen LogP contribution in [0.4, 0.5) is 0 Å². The maximum absolute atomic E-state index is 13.6. The number of thiophene rings is 1. The topological polar surface area (TPSA) is 105 Å². The monoisotopic (exact) mass is 525 g/mol. The van der Waals surface area contributed by atoms with Crippen LogP contribution in [0.5, 0.6) is 0 Å². The Kier molecular flexibility index (Phi) is 9.47. The number of aromatic nitrogens is 2. The molecule has 1 fully saturated rings. The molecule has 2 aromatic heterocycles. The number of fused-ring (bicyclic) bond motifs is 1. The van der Waals surface area contributed by atoms with Gasteiger partial charge in [0, 0.05) is 31.1 Å². The highest BCUT2D eigenvalue weighted by Gasteiger charge is 2.35. The standard InChI is InChI=1S/C24H39N5O4S2/c1-6-8-10-27(7-2)11-9-25-20(30)15-28-16-26-23-21(24(28)31)22(19(5)34-23)35(32,33)29-13-17(3)12-18(4)14-29/h16-18H,6-15H2,1-5H3,(H,25,30)/t17-,18-/m0/s1. The summed E-state index contributed by atoms with van der Waals surface area (Å²) in [5.41, 5.74) is -0.496. The molecule has 0 radical (unpaired) electrons. The van der Waals surface area contributed by atoms with Crippen LogP contribution >= 0.6 is 11.3 Å². The maximum atomic E-state index is 13.6. The molecule has 0 aromatic carbocycles. The van der Waals surface area contributed by atoms with Crippen LogP contribution in [-0.4, -0.2) is 72.3 Å². The fraction of sp³-hybridized carbons (Fsp3) is 0.708. The Morgan fingerprint density at radius 2 is 1.91 bits per heavy atom. The second kappa shape index (κ2) is 11.9. The molecule has 196 valence electrons. The quantitative estimate of drug-likeness (QED) is 0.484. The van der Waals surface area contributed by atoms with E-state index in [1.807, 2.05) is 13.8 Å². The van der Waals surface area contributed by atoms with E-state index in [-0.39, 0.29) is 34.6 Å². The largest absolute Gasteiger partial charge is 0.353 e. The highest BCUT2D eigenvalue weighted by molar-refractivity contribution is 7.89. The summed E-state index contributed by atoms with van der Waals surface area (Å²) in [5.74, 6) is 0.209. The molecule has 0 bridgehead atoms. The van der Waals surface area contributed by atoms with Gasteiger partial charge in [-0.15, -0.1) is 11.3 Å². The molecule has 1 aliphatic rings. The number of carbonyl (C=O) groups is 1. The fourth-order valence-electron chi connectivity index (χ4n) is 4.84. The average molecular weight is 526 g/mol. The van der Waals surface area contributed by atoms with Gasteiger partial charge in [0.05, 0.1) is 11.7 Å². The predicted molar refractivity (Wildman–Crippen MR) is 140 cm³/mol. The van der Waals surface area contributed by atoms with Crippen molar-refractivity contribution in [3.63, 3.8) is 0 Å². The molecular weight excluding hydrogens is 486 g/mol. The van der Waals surface area contributed by atoms with Crippen molar-refractivity contribution in [2.75, 3.05) is 39.3 Å². The summed E-state index contributed by atoms with van der Waals surface area (Å²) >= 11 is 1.20. The second-order valence-corrected chi connectivity index (χ2v) is 12.8. The Labute approximate surface area is 212 Å². The van der Waals surface area contributed by atoms with Crippen LogP contribution in [-0.2, 0) is 21.4 Å². The molecule has 2 aromatic rings. The Hall–Kier alpha value is -1.82. The first kappa shape index (κ1) is 27.8. The number of rotatable bonds is 11. The minimum Gasteiger partial charge on any atom is -0.353 e. The van der Waals surface area contributed by atoms with Gasteiger partial charge in [0.2, 0.25) is 15.9 Å². The molecule has 11 heteroatoms. The number of hydrogen-bond donors (Lipinski definition) is 1. The first-order valence-electron chi connectivity index (χ1n) is 12.6. The lowest BCUT2D eigenvalue weighted by Gasteiger charge is -2.34. The van der Waals surface area contributed by atoms with Gasteiger partial charge < -0.3 is 10.2 Å². The first-order chi connectivity index (χ1) is 16.6. The van der Waals surface area contributed by atoms with Crippen molar-refractivity contribution in [3.05, 3.63) is 21.6 Å².